The molecule has 2 N–H and O–H groups in total. The predicted octanol–water partition coefficient (Wildman–Crippen LogP) is 1.53. The summed E-state index contributed by atoms with van der Waals surface area (Å²) in [7, 11) is 0. The fourth-order valence-corrected chi connectivity index (χ4v) is 1.63. The number of hydrogen-bond acceptors (Lipinski definition) is 2. The van der Waals surface area contributed by atoms with Crippen molar-refractivity contribution in [2.75, 3.05) is 6.54 Å². The average Bonchev–Trinajstić information content (AvgIpc) is 2.57. The van der Waals surface area contributed by atoms with Crippen molar-refractivity contribution in [1.29, 1.82) is 0 Å². The number of aryl methyl sites for hydroxylation is 2. The molecule has 0 amide bonds. The van der Waals surface area contributed by atoms with Crippen molar-refractivity contribution in [2.45, 2.75) is 19.8 Å². The molecule has 74 valence electrons. The summed E-state index contributed by atoms with van der Waals surface area (Å²) in [5.74, 6) is 0. The molecular formula is C11H15N3. The molecule has 0 aromatic carbocycles. The fraction of sp³-hybridized carbons (Fsp3) is 0.364. The number of fused-ring (bicyclic) bond motifs is 1. The van der Waals surface area contributed by atoms with Crippen molar-refractivity contribution in [1.82, 2.24) is 9.61 Å². The zero-order valence-electron chi connectivity index (χ0n) is 8.40. The highest BCUT2D eigenvalue weighted by molar-refractivity contribution is 5.54. The lowest BCUT2D eigenvalue weighted by Crippen LogP contribution is -2.00. The molecule has 0 saturated carbocycles. The van der Waals surface area contributed by atoms with Crippen molar-refractivity contribution < 1.29 is 0 Å². The van der Waals surface area contributed by atoms with Gasteiger partial charge in [0.05, 0.1) is 11.7 Å². The average molecular weight is 189 g/mol. The van der Waals surface area contributed by atoms with E-state index in [4.69, 9.17) is 5.73 Å². The second kappa shape index (κ2) is 3.80. The predicted molar refractivity (Wildman–Crippen MR) is 57.3 cm³/mol. The summed E-state index contributed by atoms with van der Waals surface area (Å²) in [5, 5.41) is 4.31. The van der Waals surface area contributed by atoms with Crippen LogP contribution in [-0.4, -0.2) is 16.2 Å². The normalized spacial score (nSPS) is 11.0. The van der Waals surface area contributed by atoms with Crippen LogP contribution in [0.3, 0.4) is 0 Å². The van der Waals surface area contributed by atoms with Gasteiger partial charge >= 0.3 is 0 Å². The Hall–Kier alpha value is -1.35. The van der Waals surface area contributed by atoms with Crippen molar-refractivity contribution in [3.05, 3.63) is 35.7 Å². The maximum absolute atomic E-state index is 5.49. The summed E-state index contributed by atoms with van der Waals surface area (Å²) >= 11 is 0. The van der Waals surface area contributed by atoms with E-state index in [1.807, 2.05) is 16.9 Å². The summed E-state index contributed by atoms with van der Waals surface area (Å²) in [6.07, 6.45) is 6.02. The minimum atomic E-state index is 0.739. The Morgan fingerprint density at radius 2 is 2.29 bits per heavy atom. The summed E-state index contributed by atoms with van der Waals surface area (Å²) in [6.45, 7) is 2.81. The van der Waals surface area contributed by atoms with Crippen molar-refractivity contribution in [2.24, 2.45) is 5.73 Å². The lowest BCUT2D eigenvalue weighted by molar-refractivity contribution is 0.837. The maximum Gasteiger partial charge on any atom is 0.0693 e. The largest absolute Gasteiger partial charge is 0.330 e. The number of nitrogens with zero attached hydrogens (tertiary/aromatic N) is 2. The molecular weight excluding hydrogens is 174 g/mol. The fourth-order valence-electron chi connectivity index (χ4n) is 1.63. The van der Waals surface area contributed by atoms with Crippen LogP contribution >= 0.6 is 0 Å². The van der Waals surface area contributed by atoms with Gasteiger partial charge in [-0.3, -0.25) is 0 Å². The monoisotopic (exact) mass is 189 g/mol. The second-order valence-electron chi connectivity index (χ2n) is 3.60. The Labute approximate surface area is 83.5 Å². The molecule has 2 rings (SSSR count). The summed E-state index contributed by atoms with van der Waals surface area (Å²) in [6, 6.07) is 4.23. The highest BCUT2D eigenvalue weighted by Crippen LogP contribution is 2.12. The summed E-state index contributed by atoms with van der Waals surface area (Å²) in [4.78, 5) is 0. The first kappa shape index (κ1) is 9.21. The van der Waals surface area contributed by atoms with Crippen LogP contribution in [0.25, 0.3) is 5.52 Å². The van der Waals surface area contributed by atoms with E-state index < -0.39 is 0 Å². The molecule has 0 spiro atoms. The standard InChI is InChI=1S/C11H15N3/c1-9-4-5-11-10(3-2-6-12)7-13-14(11)8-9/h4-5,7-8H,2-3,6,12H2,1H3. The number of hydrogen-bond donors (Lipinski definition) is 1. The maximum atomic E-state index is 5.49. The van der Waals surface area contributed by atoms with Crippen LogP contribution in [0.5, 0.6) is 0 Å². The van der Waals surface area contributed by atoms with E-state index in [2.05, 4.69) is 24.2 Å². The number of pyridine rings is 1. The van der Waals surface area contributed by atoms with Crippen LogP contribution in [0.2, 0.25) is 0 Å². The molecule has 2 heterocycles. The molecule has 0 saturated heterocycles. The Morgan fingerprint density at radius 3 is 3.07 bits per heavy atom. The van der Waals surface area contributed by atoms with E-state index in [1.54, 1.807) is 0 Å². The first-order valence-corrected chi connectivity index (χ1v) is 4.94. The lowest BCUT2D eigenvalue weighted by atomic mass is 10.1. The molecule has 0 aliphatic rings. The van der Waals surface area contributed by atoms with Crippen LogP contribution < -0.4 is 5.73 Å². The SMILES string of the molecule is Cc1ccc2c(CCCN)cnn2c1. The smallest absolute Gasteiger partial charge is 0.0693 e. The third-order valence-electron chi connectivity index (χ3n) is 2.39. The van der Waals surface area contributed by atoms with Crippen LogP contribution in [-0.2, 0) is 6.42 Å². The molecule has 0 bridgehead atoms. The van der Waals surface area contributed by atoms with Gasteiger partial charge in [-0.05, 0) is 43.5 Å². The van der Waals surface area contributed by atoms with Crippen molar-refractivity contribution >= 4 is 5.52 Å². The third-order valence-corrected chi connectivity index (χ3v) is 2.39. The molecule has 3 heteroatoms. The highest BCUT2D eigenvalue weighted by atomic mass is 15.2. The molecule has 0 fully saturated rings. The molecule has 3 nitrogen and oxygen atoms in total. The highest BCUT2D eigenvalue weighted by Gasteiger charge is 2.02. The minimum Gasteiger partial charge on any atom is -0.330 e. The van der Waals surface area contributed by atoms with Crippen molar-refractivity contribution in [3.8, 4) is 0 Å². The van der Waals surface area contributed by atoms with Crippen LogP contribution in [0.15, 0.2) is 24.5 Å². The minimum absolute atomic E-state index is 0.739. The van der Waals surface area contributed by atoms with E-state index in [0.29, 0.717) is 0 Å². The van der Waals surface area contributed by atoms with Crippen LogP contribution in [0, 0.1) is 6.92 Å². The molecule has 2 aromatic heterocycles. The molecule has 0 aliphatic heterocycles. The van der Waals surface area contributed by atoms with E-state index >= 15 is 0 Å². The molecule has 0 aliphatic carbocycles. The summed E-state index contributed by atoms with van der Waals surface area (Å²) in [5.41, 5.74) is 9.20. The molecule has 0 unspecified atom stereocenters. The Balaban J connectivity index is 2.37. The van der Waals surface area contributed by atoms with Crippen LogP contribution in [0.1, 0.15) is 17.5 Å². The van der Waals surface area contributed by atoms with Gasteiger partial charge in [0.1, 0.15) is 0 Å². The van der Waals surface area contributed by atoms with E-state index in [0.717, 1.165) is 19.4 Å². The summed E-state index contributed by atoms with van der Waals surface area (Å²) < 4.78 is 1.93. The van der Waals surface area contributed by atoms with Gasteiger partial charge in [0.2, 0.25) is 0 Å². The zero-order chi connectivity index (χ0) is 9.97. The molecule has 14 heavy (non-hydrogen) atoms. The molecule has 0 atom stereocenters. The Kier molecular flexibility index (Phi) is 2.50. The van der Waals surface area contributed by atoms with Gasteiger partial charge in [-0.15, -0.1) is 0 Å². The van der Waals surface area contributed by atoms with Gasteiger partial charge in [-0.25, -0.2) is 4.52 Å². The topological polar surface area (TPSA) is 43.3 Å². The Morgan fingerprint density at radius 1 is 1.43 bits per heavy atom. The zero-order valence-corrected chi connectivity index (χ0v) is 8.40. The van der Waals surface area contributed by atoms with Crippen LogP contribution in [0.4, 0.5) is 0 Å². The number of aromatic nitrogens is 2. The molecule has 0 radical (unpaired) electrons. The quantitative estimate of drug-likeness (QED) is 0.795. The third kappa shape index (κ3) is 1.63. The van der Waals surface area contributed by atoms with Gasteiger partial charge in [-0.1, -0.05) is 6.07 Å². The lowest BCUT2D eigenvalue weighted by Gasteiger charge is -1.98. The van der Waals surface area contributed by atoms with E-state index in [-0.39, 0.29) is 0 Å². The number of nitrogens with two attached hydrogens (primary N) is 1. The van der Waals surface area contributed by atoms with Gasteiger partial charge < -0.3 is 5.73 Å². The second-order valence-corrected chi connectivity index (χ2v) is 3.60. The molecule has 2 aromatic rings. The van der Waals surface area contributed by atoms with E-state index in [9.17, 15) is 0 Å². The number of rotatable bonds is 3. The van der Waals surface area contributed by atoms with E-state index in [1.165, 1.54) is 16.6 Å². The van der Waals surface area contributed by atoms with Gasteiger partial charge in [0.15, 0.2) is 0 Å². The van der Waals surface area contributed by atoms with Gasteiger partial charge in [0.25, 0.3) is 0 Å². The van der Waals surface area contributed by atoms with Crippen molar-refractivity contribution in [3.63, 3.8) is 0 Å². The Bertz CT molecular complexity index is 431. The van der Waals surface area contributed by atoms with Gasteiger partial charge in [0, 0.05) is 6.20 Å². The first-order chi connectivity index (χ1) is 6.81. The first-order valence-electron chi connectivity index (χ1n) is 4.94. The van der Waals surface area contributed by atoms with Gasteiger partial charge in [-0.2, -0.15) is 5.10 Å².